The molecule has 2 amide bonds. The largest absolute Gasteiger partial charge is 0.342 e. The van der Waals surface area contributed by atoms with Crippen LogP contribution in [0.15, 0.2) is 24.3 Å². The molecule has 0 unspecified atom stereocenters. The Balaban J connectivity index is 1.42. The number of amides is 2. The van der Waals surface area contributed by atoms with E-state index < -0.39 is 5.41 Å². The fourth-order valence-electron chi connectivity index (χ4n) is 4.28. The van der Waals surface area contributed by atoms with Gasteiger partial charge in [0.05, 0.1) is 5.41 Å². The van der Waals surface area contributed by atoms with E-state index in [9.17, 15) is 14.0 Å². The Morgan fingerprint density at radius 2 is 1.92 bits per heavy atom. The summed E-state index contributed by atoms with van der Waals surface area (Å²) in [5, 5.41) is 0. The van der Waals surface area contributed by atoms with Gasteiger partial charge in [0, 0.05) is 32.6 Å². The van der Waals surface area contributed by atoms with E-state index in [0.29, 0.717) is 32.0 Å². The Morgan fingerprint density at radius 1 is 1.16 bits per heavy atom. The molecule has 0 radical (unpaired) electrons. The Kier molecular flexibility index (Phi) is 4.26. The van der Waals surface area contributed by atoms with Crippen LogP contribution < -0.4 is 0 Å². The molecule has 5 heteroatoms. The van der Waals surface area contributed by atoms with Gasteiger partial charge in [-0.25, -0.2) is 4.39 Å². The molecular weight excluding hydrogens is 319 g/mol. The highest BCUT2D eigenvalue weighted by molar-refractivity contribution is 5.86. The average Bonchev–Trinajstić information content (AvgIpc) is 3.31. The predicted octanol–water partition coefficient (Wildman–Crippen LogP) is 2.97. The number of nitrogens with zero attached hydrogens (tertiary/aromatic N) is 2. The van der Waals surface area contributed by atoms with Crippen molar-refractivity contribution in [3.8, 4) is 0 Å². The topological polar surface area (TPSA) is 40.6 Å². The van der Waals surface area contributed by atoms with Crippen LogP contribution in [0.1, 0.15) is 44.1 Å². The summed E-state index contributed by atoms with van der Waals surface area (Å²) in [6.45, 7) is 2.56. The summed E-state index contributed by atoms with van der Waals surface area (Å²) in [6.07, 6.45) is 5.63. The average molecular weight is 344 g/mol. The molecule has 4 rings (SSSR count). The molecule has 1 aromatic carbocycles. The minimum atomic E-state index is -0.391. The molecule has 1 atom stereocenters. The summed E-state index contributed by atoms with van der Waals surface area (Å²) in [4.78, 5) is 29.3. The standard InChI is InChI=1S/C20H25FN2O2/c21-17-6-4-16(5-7-17)13-22-10-1-8-20(19(22)25)9-11-23(14-20)18(24)12-15-2-3-15/h4-7,15H,1-3,8-14H2/t20-/m1/s1. The monoisotopic (exact) mass is 344 g/mol. The van der Waals surface area contributed by atoms with E-state index in [4.69, 9.17) is 0 Å². The molecule has 1 aromatic rings. The van der Waals surface area contributed by atoms with Gasteiger partial charge in [-0.15, -0.1) is 0 Å². The molecule has 0 N–H and O–H groups in total. The quantitative estimate of drug-likeness (QED) is 0.842. The van der Waals surface area contributed by atoms with Crippen molar-refractivity contribution in [2.24, 2.45) is 11.3 Å². The van der Waals surface area contributed by atoms with Crippen LogP contribution in [0.4, 0.5) is 4.39 Å². The molecule has 1 spiro atoms. The molecule has 1 saturated carbocycles. The van der Waals surface area contributed by atoms with Crippen molar-refractivity contribution in [1.29, 1.82) is 0 Å². The molecule has 1 aliphatic carbocycles. The molecule has 25 heavy (non-hydrogen) atoms. The van der Waals surface area contributed by atoms with Crippen LogP contribution in [0.25, 0.3) is 0 Å². The third-order valence-electron chi connectivity index (χ3n) is 5.98. The lowest BCUT2D eigenvalue weighted by molar-refractivity contribution is -0.146. The number of benzene rings is 1. The SMILES string of the molecule is O=C(CC1CC1)N1CC[C@]2(CCCN(Cc3ccc(F)cc3)C2=O)C1. The summed E-state index contributed by atoms with van der Waals surface area (Å²) in [5.41, 5.74) is 0.559. The van der Waals surface area contributed by atoms with Crippen LogP contribution >= 0.6 is 0 Å². The number of rotatable bonds is 4. The maximum absolute atomic E-state index is 13.1. The van der Waals surface area contributed by atoms with Gasteiger partial charge in [0.2, 0.25) is 11.8 Å². The zero-order valence-corrected chi connectivity index (χ0v) is 14.5. The maximum Gasteiger partial charge on any atom is 0.230 e. The molecule has 134 valence electrons. The van der Waals surface area contributed by atoms with Crippen LogP contribution in [0.5, 0.6) is 0 Å². The first-order chi connectivity index (χ1) is 12.1. The number of carbonyl (C=O) groups is 2. The number of hydrogen-bond acceptors (Lipinski definition) is 2. The third kappa shape index (κ3) is 3.42. The molecule has 2 saturated heterocycles. The summed E-state index contributed by atoms with van der Waals surface area (Å²) in [5.74, 6) is 0.722. The molecule has 4 nitrogen and oxygen atoms in total. The van der Waals surface area contributed by atoms with Gasteiger partial charge in [-0.05, 0) is 55.7 Å². The lowest BCUT2D eigenvalue weighted by Gasteiger charge is -2.39. The minimum Gasteiger partial charge on any atom is -0.342 e. The van der Waals surface area contributed by atoms with E-state index in [1.54, 1.807) is 12.1 Å². The highest BCUT2D eigenvalue weighted by atomic mass is 19.1. The molecule has 0 aromatic heterocycles. The Bertz CT molecular complexity index is 671. The van der Waals surface area contributed by atoms with Crippen LogP contribution in [-0.2, 0) is 16.1 Å². The van der Waals surface area contributed by atoms with Gasteiger partial charge < -0.3 is 9.80 Å². The number of piperidine rings is 1. The van der Waals surface area contributed by atoms with E-state index in [1.165, 1.54) is 25.0 Å². The van der Waals surface area contributed by atoms with Gasteiger partial charge in [0.15, 0.2) is 0 Å². The number of likely N-dealkylation sites (tertiary alicyclic amines) is 2. The van der Waals surface area contributed by atoms with E-state index in [2.05, 4.69) is 0 Å². The Hall–Kier alpha value is -1.91. The van der Waals surface area contributed by atoms with E-state index in [1.807, 2.05) is 9.80 Å². The Labute approximate surface area is 148 Å². The van der Waals surface area contributed by atoms with Crippen molar-refractivity contribution >= 4 is 11.8 Å². The van der Waals surface area contributed by atoms with Gasteiger partial charge >= 0.3 is 0 Å². The fourth-order valence-corrected chi connectivity index (χ4v) is 4.28. The van der Waals surface area contributed by atoms with Crippen LogP contribution in [0.2, 0.25) is 0 Å². The van der Waals surface area contributed by atoms with E-state index >= 15 is 0 Å². The molecule has 2 aliphatic heterocycles. The second-order valence-corrected chi connectivity index (χ2v) is 7.95. The highest BCUT2D eigenvalue weighted by Crippen LogP contribution is 2.41. The molecule has 2 heterocycles. The van der Waals surface area contributed by atoms with Gasteiger partial charge in [0.25, 0.3) is 0 Å². The third-order valence-corrected chi connectivity index (χ3v) is 5.98. The normalized spacial score (nSPS) is 26.5. The fraction of sp³-hybridized carbons (Fsp3) is 0.600. The predicted molar refractivity (Wildman–Crippen MR) is 92.0 cm³/mol. The Morgan fingerprint density at radius 3 is 2.64 bits per heavy atom. The molecule has 3 aliphatic rings. The molecular formula is C20H25FN2O2. The minimum absolute atomic E-state index is 0.171. The smallest absolute Gasteiger partial charge is 0.230 e. The van der Waals surface area contributed by atoms with Crippen LogP contribution in [-0.4, -0.2) is 41.2 Å². The van der Waals surface area contributed by atoms with Gasteiger partial charge in [-0.1, -0.05) is 12.1 Å². The maximum atomic E-state index is 13.1. The lowest BCUT2D eigenvalue weighted by atomic mass is 9.78. The molecule has 3 fully saturated rings. The van der Waals surface area contributed by atoms with E-state index in [-0.39, 0.29) is 17.6 Å². The zero-order valence-electron chi connectivity index (χ0n) is 14.5. The second-order valence-electron chi connectivity index (χ2n) is 7.95. The van der Waals surface area contributed by atoms with Gasteiger partial charge in [-0.2, -0.15) is 0 Å². The van der Waals surface area contributed by atoms with Crippen molar-refractivity contribution in [2.45, 2.75) is 45.1 Å². The highest BCUT2D eigenvalue weighted by Gasteiger charge is 2.49. The zero-order chi connectivity index (χ0) is 17.4. The number of carbonyl (C=O) groups excluding carboxylic acids is 2. The van der Waals surface area contributed by atoms with Crippen LogP contribution in [0, 0.1) is 17.2 Å². The first-order valence-corrected chi connectivity index (χ1v) is 9.37. The van der Waals surface area contributed by atoms with Crippen LogP contribution in [0.3, 0.4) is 0 Å². The van der Waals surface area contributed by atoms with Gasteiger partial charge in [-0.3, -0.25) is 9.59 Å². The number of halogens is 1. The first kappa shape index (κ1) is 16.6. The van der Waals surface area contributed by atoms with Crippen molar-refractivity contribution in [1.82, 2.24) is 9.80 Å². The first-order valence-electron chi connectivity index (χ1n) is 9.37. The lowest BCUT2D eigenvalue weighted by Crippen LogP contribution is -2.50. The summed E-state index contributed by atoms with van der Waals surface area (Å²) in [6, 6.07) is 6.36. The summed E-state index contributed by atoms with van der Waals surface area (Å²) < 4.78 is 13.1. The molecule has 0 bridgehead atoms. The summed E-state index contributed by atoms with van der Waals surface area (Å²) in [7, 11) is 0. The van der Waals surface area contributed by atoms with Crippen molar-refractivity contribution in [3.63, 3.8) is 0 Å². The number of hydrogen-bond donors (Lipinski definition) is 0. The summed E-state index contributed by atoms with van der Waals surface area (Å²) >= 11 is 0. The van der Waals surface area contributed by atoms with Crippen molar-refractivity contribution < 1.29 is 14.0 Å². The second kappa shape index (κ2) is 6.43. The van der Waals surface area contributed by atoms with Crippen molar-refractivity contribution in [2.75, 3.05) is 19.6 Å². The van der Waals surface area contributed by atoms with E-state index in [0.717, 1.165) is 31.4 Å². The van der Waals surface area contributed by atoms with Crippen molar-refractivity contribution in [3.05, 3.63) is 35.6 Å². The van der Waals surface area contributed by atoms with Gasteiger partial charge in [0.1, 0.15) is 5.82 Å².